The minimum Gasteiger partial charge on any atom is -0.423 e. The molecule has 2 N–H and O–H groups in total. The lowest BCUT2D eigenvalue weighted by atomic mass is 9.77. The van der Waals surface area contributed by atoms with Gasteiger partial charge in [0.15, 0.2) is 0 Å². The van der Waals surface area contributed by atoms with E-state index in [0.717, 1.165) is 37.7 Å². The van der Waals surface area contributed by atoms with Gasteiger partial charge in [-0.1, -0.05) is 6.07 Å². The fourth-order valence-corrected chi connectivity index (χ4v) is 2.99. The molecule has 0 bridgehead atoms. The van der Waals surface area contributed by atoms with E-state index in [4.69, 9.17) is 0 Å². The van der Waals surface area contributed by atoms with E-state index in [1.165, 1.54) is 31.5 Å². The Hall–Kier alpha value is -0.945. The van der Waals surface area contributed by atoms with Crippen LogP contribution >= 0.6 is 0 Å². The van der Waals surface area contributed by atoms with E-state index >= 15 is 0 Å². The molecule has 0 amide bonds. The molecule has 0 unspecified atom stereocenters. The number of hydrogen-bond acceptors (Lipinski definition) is 4. The van der Waals surface area contributed by atoms with Crippen LogP contribution in [-0.2, 0) is 6.54 Å². The fraction of sp³-hybridized carbons (Fsp3) is 0.600. The first-order valence-electron chi connectivity index (χ1n) is 7.71. The SMILES string of the molecule is OB(O)c1cc(F)ccc1CN1CCN(CC2CC2)CC1. The van der Waals surface area contributed by atoms with Crippen LogP contribution in [0.2, 0.25) is 0 Å². The van der Waals surface area contributed by atoms with E-state index in [2.05, 4.69) is 9.80 Å². The van der Waals surface area contributed by atoms with Crippen LogP contribution in [-0.4, -0.2) is 59.7 Å². The summed E-state index contributed by atoms with van der Waals surface area (Å²) in [5.74, 6) is 0.487. The second kappa shape index (κ2) is 6.44. The van der Waals surface area contributed by atoms with Gasteiger partial charge < -0.3 is 14.9 Å². The number of hydrogen-bond donors (Lipinski definition) is 2. The van der Waals surface area contributed by atoms with Crippen LogP contribution in [0.3, 0.4) is 0 Å². The Morgan fingerprint density at radius 1 is 1.10 bits per heavy atom. The van der Waals surface area contributed by atoms with Crippen molar-refractivity contribution in [2.75, 3.05) is 32.7 Å². The molecule has 1 aliphatic heterocycles. The third-order valence-electron chi connectivity index (χ3n) is 4.46. The Labute approximate surface area is 125 Å². The first-order chi connectivity index (χ1) is 10.1. The van der Waals surface area contributed by atoms with Gasteiger partial charge in [0.1, 0.15) is 5.82 Å². The van der Waals surface area contributed by atoms with Gasteiger partial charge in [-0.3, -0.25) is 4.90 Å². The number of rotatable bonds is 5. The molecule has 0 aromatic heterocycles. The number of halogens is 1. The smallest absolute Gasteiger partial charge is 0.423 e. The maximum atomic E-state index is 13.2. The molecule has 1 saturated heterocycles. The summed E-state index contributed by atoms with van der Waals surface area (Å²) in [6.45, 7) is 5.95. The molecule has 2 fully saturated rings. The van der Waals surface area contributed by atoms with E-state index in [0.29, 0.717) is 6.54 Å². The van der Waals surface area contributed by atoms with Gasteiger partial charge in [-0.15, -0.1) is 0 Å². The van der Waals surface area contributed by atoms with Crippen molar-refractivity contribution in [2.24, 2.45) is 5.92 Å². The summed E-state index contributed by atoms with van der Waals surface area (Å²) >= 11 is 0. The van der Waals surface area contributed by atoms with Crippen molar-refractivity contribution in [1.29, 1.82) is 0 Å². The highest BCUT2D eigenvalue weighted by molar-refractivity contribution is 6.59. The average molecular weight is 292 g/mol. The Bertz CT molecular complexity index is 489. The maximum Gasteiger partial charge on any atom is 0.488 e. The molecular formula is C15H22BFN2O2. The van der Waals surface area contributed by atoms with Crippen molar-refractivity contribution < 1.29 is 14.4 Å². The first-order valence-corrected chi connectivity index (χ1v) is 7.71. The lowest BCUT2D eigenvalue weighted by Gasteiger charge is -2.35. The largest absolute Gasteiger partial charge is 0.488 e. The number of piperazine rings is 1. The van der Waals surface area contributed by atoms with Gasteiger partial charge in [-0.25, -0.2) is 4.39 Å². The van der Waals surface area contributed by atoms with Crippen molar-refractivity contribution in [3.63, 3.8) is 0 Å². The van der Waals surface area contributed by atoms with Crippen LogP contribution in [0.15, 0.2) is 18.2 Å². The Kier molecular flexibility index (Phi) is 4.59. The monoisotopic (exact) mass is 292 g/mol. The van der Waals surface area contributed by atoms with Crippen molar-refractivity contribution in [3.05, 3.63) is 29.6 Å². The zero-order valence-corrected chi connectivity index (χ0v) is 12.2. The first kappa shape index (κ1) is 15.0. The molecule has 1 saturated carbocycles. The highest BCUT2D eigenvalue weighted by Crippen LogP contribution is 2.29. The molecule has 3 rings (SSSR count). The minimum atomic E-state index is -1.62. The highest BCUT2D eigenvalue weighted by Gasteiger charge is 2.27. The quantitative estimate of drug-likeness (QED) is 0.752. The minimum absolute atomic E-state index is 0.274. The summed E-state index contributed by atoms with van der Waals surface area (Å²) < 4.78 is 13.2. The second-order valence-electron chi connectivity index (χ2n) is 6.24. The molecule has 21 heavy (non-hydrogen) atoms. The molecule has 0 radical (unpaired) electrons. The van der Waals surface area contributed by atoms with Gasteiger partial charge >= 0.3 is 7.12 Å². The van der Waals surface area contributed by atoms with Gasteiger partial charge in [0.2, 0.25) is 0 Å². The Balaban J connectivity index is 1.57. The van der Waals surface area contributed by atoms with Crippen LogP contribution < -0.4 is 5.46 Å². The number of benzene rings is 1. The molecule has 1 aromatic carbocycles. The fourth-order valence-electron chi connectivity index (χ4n) is 2.99. The zero-order chi connectivity index (χ0) is 14.8. The summed E-state index contributed by atoms with van der Waals surface area (Å²) in [7, 11) is -1.62. The Morgan fingerprint density at radius 3 is 2.38 bits per heavy atom. The van der Waals surface area contributed by atoms with E-state index in [-0.39, 0.29) is 5.46 Å². The summed E-state index contributed by atoms with van der Waals surface area (Å²) in [6.07, 6.45) is 2.76. The summed E-state index contributed by atoms with van der Waals surface area (Å²) in [6, 6.07) is 4.24. The molecule has 0 spiro atoms. The molecule has 1 heterocycles. The van der Waals surface area contributed by atoms with Crippen molar-refractivity contribution in [3.8, 4) is 0 Å². The predicted octanol–water partition coefficient (Wildman–Crippen LogP) is 0.0331. The topological polar surface area (TPSA) is 46.9 Å². The summed E-state index contributed by atoms with van der Waals surface area (Å²) in [5.41, 5.74) is 1.07. The van der Waals surface area contributed by atoms with Gasteiger partial charge in [0.05, 0.1) is 0 Å². The van der Waals surface area contributed by atoms with Crippen molar-refractivity contribution in [2.45, 2.75) is 19.4 Å². The van der Waals surface area contributed by atoms with Crippen LogP contribution in [0.5, 0.6) is 0 Å². The van der Waals surface area contributed by atoms with Crippen LogP contribution in [0.1, 0.15) is 18.4 Å². The van der Waals surface area contributed by atoms with Gasteiger partial charge in [-0.05, 0) is 41.9 Å². The van der Waals surface area contributed by atoms with Gasteiger partial charge in [0.25, 0.3) is 0 Å². The summed E-state index contributed by atoms with van der Waals surface area (Å²) in [5, 5.41) is 18.7. The molecule has 2 aliphatic rings. The maximum absolute atomic E-state index is 13.2. The highest BCUT2D eigenvalue weighted by atomic mass is 19.1. The molecule has 114 valence electrons. The van der Waals surface area contributed by atoms with Crippen LogP contribution in [0.25, 0.3) is 0 Å². The molecule has 0 atom stereocenters. The average Bonchev–Trinajstić information content (AvgIpc) is 3.27. The molecule has 1 aromatic rings. The van der Waals surface area contributed by atoms with E-state index in [9.17, 15) is 14.4 Å². The number of nitrogens with zero attached hydrogens (tertiary/aromatic N) is 2. The third-order valence-corrected chi connectivity index (χ3v) is 4.46. The predicted molar refractivity (Wildman–Crippen MR) is 80.7 cm³/mol. The van der Waals surface area contributed by atoms with Gasteiger partial charge in [-0.2, -0.15) is 0 Å². The molecule has 1 aliphatic carbocycles. The second-order valence-corrected chi connectivity index (χ2v) is 6.24. The van der Waals surface area contributed by atoms with E-state index in [1.807, 2.05) is 0 Å². The lowest BCUT2D eigenvalue weighted by molar-refractivity contribution is 0.123. The third kappa shape index (κ3) is 4.04. The normalized spacial score (nSPS) is 20.7. The summed E-state index contributed by atoms with van der Waals surface area (Å²) in [4.78, 5) is 4.81. The van der Waals surface area contributed by atoms with Gasteiger partial charge in [0, 0.05) is 39.3 Å². The van der Waals surface area contributed by atoms with E-state index in [1.54, 1.807) is 6.07 Å². The van der Waals surface area contributed by atoms with Crippen molar-refractivity contribution >= 4 is 12.6 Å². The zero-order valence-electron chi connectivity index (χ0n) is 12.2. The van der Waals surface area contributed by atoms with Crippen LogP contribution in [0.4, 0.5) is 4.39 Å². The molecular weight excluding hydrogens is 270 g/mol. The van der Waals surface area contributed by atoms with Crippen LogP contribution in [0, 0.1) is 11.7 Å². The lowest BCUT2D eigenvalue weighted by Crippen LogP contribution is -2.47. The molecule has 6 heteroatoms. The van der Waals surface area contributed by atoms with E-state index < -0.39 is 12.9 Å². The standard InChI is InChI=1S/C15H22BFN2O2/c17-14-4-3-13(15(9-14)16(20)21)11-19-7-5-18(6-8-19)10-12-1-2-12/h3-4,9,12,20-21H,1-2,5-8,10-11H2. The Morgan fingerprint density at radius 2 is 1.76 bits per heavy atom. The van der Waals surface area contributed by atoms with Crippen molar-refractivity contribution in [1.82, 2.24) is 9.80 Å². The molecule has 4 nitrogen and oxygen atoms in total.